The van der Waals surface area contributed by atoms with Crippen LogP contribution in [0.3, 0.4) is 0 Å². The molecule has 0 radical (unpaired) electrons. The van der Waals surface area contributed by atoms with Gasteiger partial charge in [0.2, 0.25) is 0 Å². The van der Waals surface area contributed by atoms with Gasteiger partial charge in [-0.3, -0.25) is 4.79 Å². The summed E-state index contributed by atoms with van der Waals surface area (Å²) in [6, 6.07) is 8.02. The molecule has 3 rings (SSSR count). The summed E-state index contributed by atoms with van der Waals surface area (Å²) in [6.45, 7) is 6.15. The van der Waals surface area contributed by atoms with E-state index >= 15 is 0 Å². The number of nitrogens with zero attached hydrogens (tertiary/aromatic N) is 3. The highest BCUT2D eigenvalue weighted by Gasteiger charge is 2.14. The minimum absolute atomic E-state index is 0.156. The number of anilines is 2. The predicted octanol–water partition coefficient (Wildman–Crippen LogP) is 2.46. The Balaban J connectivity index is 1.63. The number of hydrogen-bond acceptors (Lipinski definition) is 5. The number of aromatic nitrogens is 1. The van der Waals surface area contributed by atoms with E-state index in [-0.39, 0.29) is 5.91 Å². The van der Waals surface area contributed by atoms with E-state index in [9.17, 15) is 4.79 Å². The Hall–Kier alpha value is -1.92. The molecule has 0 saturated carbocycles. The van der Waals surface area contributed by atoms with Crippen LogP contribution < -0.4 is 10.2 Å². The van der Waals surface area contributed by atoms with Crippen LogP contribution in [-0.2, 0) is 0 Å². The number of amides is 1. The minimum Gasteiger partial charge on any atom is -0.369 e. The van der Waals surface area contributed by atoms with Gasteiger partial charge < -0.3 is 15.1 Å². The summed E-state index contributed by atoms with van der Waals surface area (Å²) < 4.78 is 0. The van der Waals surface area contributed by atoms with Gasteiger partial charge in [0.1, 0.15) is 5.69 Å². The third kappa shape index (κ3) is 3.45. The quantitative estimate of drug-likeness (QED) is 0.945. The first-order chi connectivity index (χ1) is 10.6. The highest BCUT2D eigenvalue weighted by atomic mass is 32.1. The second-order valence-corrected chi connectivity index (χ2v) is 6.61. The van der Waals surface area contributed by atoms with Crippen molar-refractivity contribution in [1.82, 2.24) is 9.88 Å². The van der Waals surface area contributed by atoms with Gasteiger partial charge in [-0.2, -0.15) is 0 Å². The number of hydrogen-bond donors (Lipinski definition) is 1. The van der Waals surface area contributed by atoms with Crippen LogP contribution in [-0.4, -0.2) is 49.0 Å². The van der Waals surface area contributed by atoms with Gasteiger partial charge in [-0.25, -0.2) is 4.98 Å². The van der Waals surface area contributed by atoms with Gasteiger partial charge >= 0.3 is 0 Å². The van der Waals surface area contributed by atoms with E-state index < -0.39 is 0 Å². The number of aryl methyl sites for hydroxylation is 1. The molecular weight excluding hydrogens is 296 g/mol. The van der Waals surface area contributed by atoms with E-state index in [1.807, 2.05) is 19.1 Å². The second kappa shape index (κ2) is 6.46. The molecule has 0 spiro atoms. The van der Waals surface area contributed by atoms with Gasteiger partial charge in [-0.15, -0.1) is 11.3 Å². The van der Waals surface area contributed by atoms with Gasteiger partial charge in [0.15, 0.2) is 0 Å². The van der Waals surface area contributed by atoms with Crippen molar-refractivity contribution in [2.45, 2.75) is 6.92 Å². The van der Waals surface area contributed by atoms with Crippen molar-refractivity contribution in [1.29, 1.82) is 0 Å². The molecule has 22 heavy (non-hydrogen) atoms. The summed E-state index contributed by atoms with van der Waals surface area (Å²) in [6.07, 6.45) is 0. The summed E-state index contributed by atoms with van der Waals surface area (Å²) in [4.78, 5) is 21.0. The van der Waals surface area contributed by atoms with Crippen LogP contribution in [0, 0.1) is 6.92 Å². The molecule has 1 saturated heterocycles. The fourth-order valence-corrected chi connectivity index (χ4v) is 3.08. The Labute approximate surface area is 134 Å². The molecule has 1 aliphatic rings. The lowest BCUT2D eigenvalue weighted by Crippen LogP contribution is -2.44. The number of piperazine rings is 1. The van der Waals surface area contributed by atoms with Crippen LogP contribution in [0.25, 0.3) is 0 Å². The van der Waals surface area contributed by atoms with Crippen molar-refractivity contribution in [3.05, 3.63) is 40.3 Å². The summed E-state index contributed by atoms with van der Waals surface area (Å²) in [5.41, 5.74) is 2.48. The zero-order valence-electron chi connectivity index (χ0n) is 12.9. The Morgan fingerprint density at radius 1 is 1.18 bits per heavy atom. The maximum Gasteiger partial charge on any atom is 0.275 e. The number of nitrogens with one attached hydrogen (secondary N) is 1. The number of carbonyl (C=O) groups excluding carboxylic acids is 1. The normalized spacial score (nSPS) is 15.8. The van der Waals surface area contributed by atoms with Crippen molar-refractivity contribution in [2.24, 2.45) is 0 Å². The fourth-order valence-electron chi connectivity index (χ4n) is 2.48. The van der Waals surface area contributed by atoms with E-state index in [1.54, 1.807) is 5.38 Å². The Kier molecular flexibility index (Phi) is 4.40. The molecule has 1 N–H and O–H groups in total. The fraction of sp³-hybridized carbons (Fsp3) is 0.375. The Morgan fingerprint density at radius 3 is 2.45 bits per heavy atom. The van der Waals surface area contributed by atoms with Crippen LogP contribution in [0.5, 0.6) is 0 Å². The average Bonchev–Trinajstić information content (AvgIpc) is 2.96. The first kappa shape index (κ1) is 15.0. The highest BCUT2D eigenvalue weighted by Crippen LogP contribution is 2.20. The van der Waals surface area contributed by atoms with E-state index in [0.29, 0.717) is 5.69 Å². The molecule has 0 bridgehead atoms. The van der Waals surface area contributed by atoms with Crippen molar-refractivity contribution < 1.29 is 4.79 Å². The third-order valence-corrected chi connectivity index (χ3v) is 4.62. The Bertz CT molecular complexity index is 644. The van der Waals surface area contributed by atoms with Crippen LogP contribution in [0.4, 0.5) is 11.4 Å². The van der Waals surface area contributed by atoms with Gasteiger partial charge in [-0.05, 0) is 38.2 Å². The maximum absolute atomic E-state index is 12.1. The van der Waals surface area contributed by atoms with E-state index in [1.165, 1.54) is 17.0 Å². The molecule has 1 aromatic heterocycles. The van der Waals surface area contributed by atoms with Crippen molar-refractivity contribution in [3.8, 4) is 0 Å². The smallest absolute Gasteiger partial charge is 0.275 e. The Morgan fingerprint density at radius 2 is 1.86 bits per heavy atom. The number of rotatable bonds is 3. The monoisotopic (exact) mass is 316 g/mol. The molecule has 6 heteroatoms. The van der Waals surface area contributed by atoms with Crippen LogP contribution in [0.1, 0.15) is 15.5 Å². The molecule has 1 fully saturated rings. The zero-order valence-corrected chi connectivity index (χ0v) is 13.7. The molecule has 2 aromatic rings. The van der Waals surface area contributed by atoms with E-state index in [2.05, 4.69) is 39.3 Å². The number of thiazole rings is 1. The minimum atomic E-state index is -0.156. The van der Waals surface area contributed by atoms with Crippen LogP contribution in [0.15, 0.2) is 29.6 Å². The van der Waals surface area contributed by atoms with Gasteiger partial charge in [0.05, 0.1) is 5.01 Å². The standard InChI is InChI=1S/C16H20N4OS/c1-12-17-15(11-22-12)16(21)18-13-3-5-14(6-4-13)20-9-7-19(2)8-10-20/h3-6,11H,7-10H2,1-2H3,(H,18,21). The average molecular weight is 316 g/mol. The summed E-state index contributed by atoms with van der Waals surface area (Å²) >= 11 is 1.48. The maximum atomic E-state index is 12.1. The molecule has 1 aliphatic heterocycles. The highest BCUT2D eigenvalue weighted by molar-refractivity contribution is 7.09. The molecule has 2 heterocycles. The summed E-state index contributed by atoms with van der Waals surface area (Å²) in [5.74, 6) is -0.156. The third-order valence-electron chi connectivity index (χ3n) is 3.85. The lowest BCUT2D eigenvalue weighted by atomic mass is 10.2. The molecule has 0 atom stereocenters. The van der Waals surface area contributed by atoms with Crippen LogP contribution in [0.2, 0.25) is 0 Å². The largest absolute Gasteiger partial charge is 0.369 e. The van der Waals surface area contributed by atoms with Gasteiger partial charge in [0, 0.05) is 42.9 Å². The molecular formula is C16H20N4OS. The van der Waals surface area contributed by atoms with E-state index in [0.717, 1.165) is 36.9 Å². The zero-order chi connectivity index (χ0) is 15.5. The topological polar surface area (TPSA) is 48.5 Å². The van der Waals surface area contributed by atoms with Gasteiger partial charge in [-0.1, -0.05) is 0 Å². The molecule has 1 aromatic carbocycles. The molecule has 116 valence electrons. The lowest BCUT2D eigenvalue weighted by Gasteiger charge is -2.34. The summed E-state index contributed by atoms with van der Waals surface area (Å²) in [5, 5.41) is 5.57. The molecule has 1 amide bonds. The van der Waals surface area contributed by atoms with Crippen molar-refractivity contribution in [2.75, 3.05) is 43.4 Å². The molecule has 0 aliphatic carbocycles. The first-order valence-corrected chi connectivity index (χ1v) is 8.27. The molecule has 0 unspecified atom stereocenters. The van der Waals surface area contributed by atoms with Crippen molar-refractivity contribution in [3.63, 3.8) is 0 Å². The predicted molar refractivity (Wildman–Crippen MR) is 91.0 cm³/mol. The second-order valence-electron chi connectivity index (χ2n) is 5.54. The SMILES string of the molecule is Cc1nc(C(=O)Nc2ccc(N3CCN(C)CC3)cc2)cs1. The van der Waals surface area contributed by atoms with Gasteiger partial charge in [0.25, 0.3) is 5.91 Å². The molecule has 5 nitrogen and oxygen atoms in total. The number of carbonyl (C=O) groups is 1. The van der Waals surface area contributed by atoms with Crippen molar-refractivity contribution >= 4 is 28.6 Å². The van der Waals surface area contributed by atoms with Crippen LogP contribution >= 0.6 is 11.3 Å². The van der Waals surface area contributed by atoms with E-state index in [4.69, 9.17) is 0 Å². The lowest BCUT2D eigenvalue weighted by molar-refractivity contribution is 0.102. The first-order valence-electron chi connectivity index (χ1n) is 7.39. The number of benzene rings is 1. The summed E-state index contributed by atoms with van der Waals surface area (Å²) in [7, 11) is 2.15. The number of likely N-dealkylation sites (N-methyl/N-ethyl adjacent to an activating group) is 1.